The summed E-state index contributed by atoms with van der Waals surface area (Å²) < 4.78 is 19.3. The Bertz CT molecular complexity index is 1050. The molecule has 0 radical (unpaired) electrons. The summed E-state index contributed by atoms with van der Waals surface area (Å²) in [5.41, 5.74) is 1.53. The summed E-state index contributed by atoms with van der Waals surface area (Å²) in [6.45, 7) is 3.04. The van der Waals surface area contributed by atoms with Gasteiger partial charge in [0.05, 0.1) is 24.5 Å². The highest BCUT2D eigenvalue weighted by Gasteiger charge is 2.27. The Labute approximate surface area is 191 Å². The molecule has 2 amide bonds. The molecule has 0 saturated carbocycles. The predicted octanol–water partition coefficient (Wildman–Crippen LogP) is 2.11. The first-order valence-corrected chi connectivity index (χ1v) is 10.8. The Morgan fingerprint density at radius 2 is 1.79 bits per heavy atom. The lowest BCUT2D eigenvalue weighted by atomic mass is 10.1. The van der Waals surface area contributed by atoms with E-state index >= 15 is 0 Å². The van der Waals surface area contributed by atoms with Gasteiger partial charge in [0.1, 0.15) is 11.6 Å². The van der Waals surface area contributed by atoms with Crippen molar-refractivity contribution in [2.75, 3.05) is 37.6 Å². The fourth-order valence-corrected chi connectivity index (χ4v) is 3.94. The van der Waals surface area contributed by atoms with Crippen molar-refractivity contribution < 1.29 is 18.4 Å². The number of amides is 2. The molecule has 1 aromatic carbocycles. The number of carbonyl (C=O) groups is 2. The number of nitrogens with zero attached hydrogens (tertiary/aromatic N) is 3. The van der Waals surface area contributed by atoms with Gasteiger partial charge in [0.2, 0.25) is 0 Å². The molecule has 1 aliphatic heterocycles. The SMILES string of the molecule is O=C(NCc1ccco1)C(=O)NC[C@H](c1cccnc1)N1CCN(c2ccccc2F)CC1. The smallest absolute Gasteiger partial charge is 0.309 e. The Balaban J connectivity index is 1.36. The summed E-state index contributed by atoms with van der Waals surface area (Å²) in [5, 5.41) is 5.28. The van der Waals surface area contributed by atoms with Crippen LogP contribution >= 0.6 is 0 Å². The molecule has 4 rings (SSSR count). The van der Waals surface area contributed by atoms with E-state index in [1.54, 1.807) is 36.7 Å². The predicted molar refractivity (Wildman–Crippen MR) is 121 cm³/mol. The van der Waals surface area contributed by atoms with E-state index in [2.05, 4.69) is 20.5 Å². The second-order valence-electron chi connectivity index (χ2n) is 7.75. The summed E-state index contributed by atoms with van der Waals surface area (Å²) in [6.07, 6.45) is 4.96. The Morgan fingerprint density at radius 3 is 2.48 bits per heavy atom. The van der Waals surface area contributed by atoms with Crippen LogP contribution in [-0.4, -0.2) is 54.4 Å². The summed E-state index contributed by atoms with van der Waals surface area (Å²) in [7, 11) is 0. The van der Waals surface area contributed by atoms with Crippen LogP contribution in [0, 0.1) is 5.82 Å². The number of pyridine rings is 1. The minimum absolute atomic E-state index is 0.142. The second-order valence-corrected chi connectivity index (χ2v) is 7.75. The largest absolute Gasteiger partial charge is 0.467 e. The topological polar surface area (TPSA) is 90.7 Å². The molecule has 33 heavy (non-hydrogen) atoms. The van der Waals surface area contributed by atoms with Crippen molar-refractivity contribution >= 4 is 17.5 Å². The second kappa shape index (κ2) is 10.7. The lowest BCUT2D eigenvalue weighted by Gasteiger charge is -2.40. The zero-order valence-electron chi connectivity index (χ0n) is 18.1. The average Bonchev–Trinajstić information content (AvgIpc) is 3.38. The van der Waals surface area contributed by atoms with Gasteiger partial charge in [0.25, 0.3) is 0 Å². The highest BCUT2D eigenvalue weighted by molar-refractivity contribution is 6.35. The standard InChI is InChI=1S/C24H26FN5O3/c25-20-7-1-2-8-21(20)29-10-12-30(13-11-29)22(18-5-3-9-26-15-18)17-28-24(32)23(31)27-16-19-6-4-14-33-19/h1-9,14-15,22H,10-13,16-17H2,(H,27,31)(H,28,32)/t22-/m1/s1. The third-order valence-corrected chi connectivity index (χ3v) is 5.68. The zero-order chi connectivity index (χ0) is 23.0. The maximum absolute atomic E-state index is 14.2. The number of hydrogen-bond donors (Lipinski definition) is 2. The van der Waals surface area contributed by atoms with Crippen LogP contribution in [0.5, 0.6) is 0 Å². The Hall–Kier alpha value is -3.72. The van der Waals surface area contributed by atoms with E-state index in [1.165, 1.54) is 12.3 Å². The van der Waals surface area contributed by atoms with Gasteiger partial charge in [-0.15, -0.1) is 0 Å². The van der Waals surface area contributed by atoms with E-state index in [0.29, 0.717) is 37.6 Å². The van der Waals surface area contributed by atoms with Gasteiger partial charge in [0, 0.05) is 45.1 Å². The van der Waals surface area contributed by atoms with Crippen molar-refractivity contribution in [1.29, 1.82) is 0 Å². The van der Waals surface area contributed by atoms with Crippen LogP contribution in [0.3, 0.4) is 0 Å². The van der Waals surface area contributed by atoms with Crippen LogP contribution in [0.1, 0.15) is 17.4 Å². The fraction of sp³-hybridized carbons (Fsp3) is 0.292. The van der Waals surface area contributed by atoms with Gasteiger partial charge in [-0.25, -0.2) is 4.39 Å². The average molecular weight is 452 g/mol. The number of carbonyl (C=O) groups excluding carboxylic acids is 2. The van der Waals surface area contributed by atoms with E-state index < -0.39 is 11.8 Å². The van der Waals surface area contributed by atoms with Crippen LogP contribution in [-0.2, 0) is 16.1 Å². The van der Waals surface area contributed by atoms with Gasteiger partial charge in [-0.05, 0) is 35.9 Å². The van der Waals surface area contributed by atoms with Gasteiger partial charge in [-0.3, -0.25) is 19.5 Å². The molecule has 2 N–H and O–H groups in total. The maximum Gasteiger partial charge on any atom is 0.309 e. The number of halogens is 1. The number of piperazine rings is 1. The molecule has 2 aromatic heterocycles. The third kappa shape index (κ3) is 5.75. The normalized spacial score (nSPS) is 15.1. The highest BCUT2D eigenvalue weighted by atomic mass is 19.1. The minimum atomic E-state index is -0.722. The van der Waals surface area contributed by atoms with E-state index in [4.69, 9.17) is 4.42 Å². The van der Waals surface area contributed by atoms with E-state index in [1.807, 2.05) is 23.1 Å². The molecule has 0 bridgehead atoms. The van der Waals surface area contributed by atoms with Gasteiger partial charge in [0.15, 0.2) is 0 Å². The molecule has 3 aromatic rings. The molecule has 0 spiro atoms. The lowest BCUT2D eigenvalue weighted by Crippen LogP contribution is -2.51. The van der Waals surface area contributed by atoms with Gasteiger partial charge >= 0.3 is 11.8 Å². The van der Waals surface area contributed by atoms with Crippen LogP contribution in [0.4, 0.5) is 10.1 Å². The molecule has 0 unspecified atom stereocenters. The first-order valence-electron chi connectivity index (χ1n) is 10.8. The third-order valence-electron chi connectivity index (χ3n) is 5.68. The van der Waals surface area contributed by atoms with Crippen molar-refractivity contribution in [3.63, 3.8) is 0 Å². The van der Waals surface area contributed by atoms with Crippen molar-refractivity contribution in [2.24, 2.45) is 0 Å². The first kappa shape index (κ1) is 22.5. The number of hydrogen-bond acceptors (Lipinski definition) is 6. The molecule has 1 fully saturated rings. The summed E-state index contributed by atoms with van der Waals surface area (Å²) >= 11 is 0. The van der Waals surface area contributed by atoms with E-state index in [9.17, 15) is 14.0 Å². The van der Waals surface area contributed by atoms with Gasteiger partial charge < -0.3 is 20.0 Å². The maximum atomic E-state index is 14.2. The summed E-state index contributed by atoms with van der Waals surface area (Å²) in [4.78, 5) is 33.0. The number of para-hydroxylation sites is 1. The molecule has 1 saturated heterocycles. The van der Waals surface area contributed by atoms with E-state index in [-0.39, 0.29) is 24.9 Å². The number of anilines is 1. The number of rotatable bonds is 7. The summed E-state index contributed by atoms with van der Waals surface area (Å²) in [6, 6.07) is 13.8. The number of nitrogens with one attached hydrogen (secondary N) is 2. The number of benzene rings is 1. The van der Waals surface area contributed by atoms with Crippen LogP contribution in [0.25, 0.3) is 0 Å². The highest BCUT2D eigenvalue weighted by Crippen LogP contribution is 2.25. The van der Waals surface area contributed by atoms with E-state index in [0.717, 1.165) is 5.56 Å². The lowest BCUT2D eigenvalue weighted by molar-refractivity contribution is -0.139. The first-order chi connectivity index (χ1) is 16.1. The Kier molecular flexibility index (Phi) is 7.31. The molecule has 9 heteroatoms. The molecule has 1 atom stereocenters. The van der Waals surface area contributed by atoms with Gasteiger partial charge in [-0.1, -0.05) is 18.2 Å². The molecule has 0 aliphatic carbocycles. The molecule has 172 valence electrons. The number of aromatic nitrogens is 1. The molecule has 8 nitrogen and oxygen atoms in total. The van der Waals surface area contributed by atoms with Crippen molar-refractivity contribution in [3.8, 4) is 0 Å². The molecular weight excluding hydrogens is 425 g/mol. The van der Waals surface area contributed by atoms with Crippen molar-refractivity contribution in [3.05, 3.63) is 84.3 Å². The Morgan fingerprint density at radius 1 is 1.00 bits per heavy atom. The monoisotopic (exact) mass is 451 g/mol. The summed E-state index contributed by atoms with van der Waals surface area (Å²) in [5.74, 6) is -1.10. The molecule has 3 heterocycles. The van der Waals surface area contributed by atoms with Crippen LogP contribution in [0.15, 0.2) is 71.6 Å². The molecular formula is C24H26FN5O3. The fourth-order valence-electron chi connectivity index (χ4n) is 3.94. The van der Waals surface area contributed by atoms with Crippen molar-refractivity contribution in [1.82, 2.24) is 20.5 Å². The van der Waals surface area contributed by atoms with Gasteiger partial charge in [-0.2, -0.15) is 0 Å². The zero-order valence-corrected chi connectivity index (χ0v) is 18.1. The minimum Gasteiger partial charge on any atom is -0.467 e. The molecule has 1 aliphatic rings. The quantitative estimate of drug-likeness (QED) is 0.535. The van der Waals surface area contributed by atoms with Crippen molar-refractivity contribution in [2.45, 2.75) is 12.6 Å². The number of furan rings is 1. The van der Waals surface area contributed by atoms with Crippen LogP contribution in [0.2, 0.25) is 0 Å². The van der Waals surface area contributed by atoms with Crippen LogP contribution < -0.4 is 15.5 Å².